The maximum atomic E-state index is 3.53. The van der Waals surface area contributed by atoms with Crippen LogP contribution in [0, 0.1) is 0 Å². The molecule has 0 heterocycles. The molecule has 0 bridgehead atoms. The van der Waals surface area contributed by atoms with Crippen LogP contribution in [0.25, 0.3) is 0 Å². The van der Waals surface area contributed by atoms with E-state index in [9.17, 15) is 0 Å². The molecular weight excluding hydrogens is 317 g/mol. The average Bonchev–Trinajstić information content (AvgIpc) is 1.41. The fourth-order valence-corrected chi connectivity index (χ4v) is 6.09. The molecule has 0 fully saturated rings. The SMILES string of the molecule is CC[CH2][Hg][Br]. The Morgan fingerprint density at radius 3 is 2.40 bits per heavy atom. The maximum absolute atomic E-state index is 3.53. The van der Waals surface area contributed by atoms with Crippen molar-refractivity contribution in [3.8, 4) is 0 Å². The van der Waals surface area contributed by atoms with Gasteiger partial charge in [-0.2, -0.15) is 0 Å². The van der Waals surface area contributed by atoms with Gasteiger partial charge in [0, 0.05) is 0 Å². The van der Waals surface area contributed by atoms with E-state index in [0.29, 0.717) is 0 Å². The Labute approximate surface area is 51.0 Å². The van der Waals surface area contributed by atoms with Crippen LogP contribution in [-0.2, 0) is 22.1 Å². The van der Waals surface area contributed by atoms with Gasteiger partial charge >= 0.3 is 51.3 Å². The summed E-state index contributed by atoms with van der Waals surface area (Å²) in [4.78, 5) is 0. The predicted octanol–water partition coefficient (Wildman–Crippen LogP) is 2.21. The molecule has 0 unspecified atom stereocenters. The van der Waals surface area contributed by atoms with Crippen molar-refractivity contribution in [1.82, 2.24) is 0 Å². The zero-order chi connectivity index (χ0) is 4.12. The molecule has 0 aliphatic carbocycles. The van der Waals surface area contributed by atoms with Crippen LogP contribution in [0.1, 0.15) is 13.3 Å². The van der Waals surface area contributed by atoms with Gasteiger partial charge in [0.1, 0.15) is 0 Å². The van der Waals surface area contributed by atoms with Gasteiger partial charge in [-0.1, -0.05) is 0 Å². The Bertz CT molecular complexity index is 14.4. The summed E-state index contributed by atoms with van der Waals surface area (Å²) in [7, 11) is 0. The molecule has 0 N–H and O–H groups in total. The van der Waals surface area contributed by atoms with E-state index in [1.54, 1.807) is 0 Å². The fraction of sp³-hybridized carbons (Fsp3) is 1.00. The van der Waals surface area contributed by atoms with Gasteiger partial charge in [-0.3, -0.25) is 0 Å². The molecule has 0 atom stereocenters. The summed E-state index contributed by atoms with van der Waals surface area (Å²) >= 11 is 3.20. The minimum absolute atomic E-state index is 0.331. The second-order valence-corrected chi connectivity index (χ2v) is 12.2. The van der Waals surface area contributed by atoms with Gasteiger partial charge in [-0.25, -0.2) is 0 Å². The normalized spacial score (nSPS) is 6.80. The third-order valence-electron chi connectivity index (χ3n) is 0.487. The first-order chi connectivity index (χ1) is 2.41. The van der Waals surface area contributed by atoms with Crippen LogP contribution in [-0.4, -0.2) is 0 Å². The summed E-state index contributed by atoms with van der Waals surface area (Å²) in [5, 5.41) is 0. The second-order valence-electron chi connectivity index (χ2n) is 1.04. The zero-order valence-electron chi connectivity index (χ0n) is 3.50. The summed E-state index contributed by atoms with van der Waals surface area (Å²) in [6.45, 7) is 2.24. The van der Waals surface area contributed by atoms with Crippen LogP contribution in [0.2, 0.25) is 3.93 Å². The second kappa shape index (κ2) is 5.42. The number of hydrogen-bond donors (Lipinski definition) is 0. The van der Waals surface area contributed by atoms with Crippen molar-refractivity contribution in [3.63, 3.8) is 0 Å². The third kappa shape index (κ3) is 5.42. The van der Waals surface area contributed by atoms with E-state index in [0.717, 1.165) is 0 Å². The van der Waals surface area contributed by atoms with E-state index in [2.05, 4.69) is 18.8 Å². The van der Waals surface area contributed by atoms with E-state index in [4.69, 9.17) is 0 Å². The zero-order valence-corrected chi connectivity index (χ0v) is 10.6. The number of hydrogen-bond acceptors (Lipinski definition) is 0. The predicted molar refractivity (Wildman–Crippen MR) is 24.0 cm³/mol. The van der Waals surface area contributed by atoms with Crippen molar-refractivity contribution < 1.29 is 22.1 Å². The molecule has 28 valence electrons. The van der Waals surface area contributed by atoms with Crippen molar-refractivity contribution in [2.75, 3.05) is 0 Å². The molecule has 0 aromatic rings. The van der Waals surface area contributed by atoms with Crippen LogP contribution < -0.4 is 0 Å². The topological polar surface area (TPSA) is 0 Å². The first-order valence-corrected chi connectivity index (χ1v) is 17.8. The summed E-state index contributed by atoms with van der Waals surface area (Å²) < 4.78 is 1.53. The molecule has 0 rings (SSSR count). The van der Waals surface area contributed by atoms with Gasteiger partial charge in [0.05, 0.1) is 0 Å². The molecule has 0 saturated heterocycles. The average molecular weight is 324 g/mol. The van der Waals surface area contributed by atoms with Crippen LogP contribution in [0.15, 0.2) is 0 Å². The van der Waals surface area contributed by atoms with E-state index in [1.165, 1.54) is 10.4 Å². The Morgan fingerprint density at radius 1 is 1.80 bits per heavy atom. The molecule has 0 aromatic carbocycles. The molecule has 0 nitrogen and oxygen atoms in total. The van der Waals surface area contributed by atoms with Gasteiger partial charge in [0.2, 0.25) is 0 Å². The fourth-order valence-electron chi connectivity index (χ4n) is 0.134. The molecule has 2 heteroatoms. The summed E-state index contributed by atoms with van der Waals surface area (Å²) in [6.07, 6.45) is 1.40. The van der Waals surface area contributed by atoms with Gasteiger partial charge in [-0.05, 0) is 0 Å². The standard InChI is InChI=1S/C3H7.BrH.Hg/c1-3-2;;/h1,3H2,2H3;1H;/q;;+1/p-1. The molecule has 0 radical (unpaired) electrons. The molecule has 0 aromatic heterocycles. The molecule has 0 aliphatic heterocycles. The summed E-state index contributed by atoms with van der Waals surface area (Å²) in [5.74, 6) is 0. The molecule has 0 spiro atoms. The molecule has 0 aliphatic rings. The van der Waals surface area contributed by atoms with Gasteiger partial charge in [-0.15, -0.1) is 0 Å². The number of halogens is 1. The summed E-state index contributed by atoms with van der Waals surface area (Å²) in [6, 6.07) is 0. The quantitative estimate of drug-likeness (QED) is 0.684. The minimum atomic E-state index is -0.331. The van der Waals surface area contributed by atoms with Crippen molar-refractivity contribution in [3.05, 3.63) is 0 Å². The van der Waals surface area contributed by atoms with E-state index in [-0.39, 0.29) is 22.1 Å². The molecule has 5 heavy (non-hydrogen) atoms. The van der Waals surface area contributed by atoms with Crippen molar-refractivity contribution in [2.24, 2.45) is 0 Å². The first-order valence-electron chi connectivity index (χ1n) is 1.97. The first kappa shape index (κ1) is 6.42. The molecular formula is C3H7BrHg. The van der Waals surface area contributed by atoms with Crippen molar-refractivity contribution >= 4 is 11.9 Å². The van der Waals surface area contributed by atoms with Crippen LogP contribution >= 0.6 is 11.9 Å². The third-order valence-corrected chi connectivity index (χ3v) is 9.20. The van der Waals surface area contributed by atoms with Crippen molar-refractivity contribution in [1.29, 1.82) is 0 Å². The van der Waals surface area contributed by atoms with Crippen LogP contribution in [0.3, 0.4) is 0 Å². The Balaban J connectivity index is 2.19. The summed E-state index contributed by atoms with van der Waals surface area (Å²) in [5.41, 5.74) is 0. The van der Waals surface area contributed by atoms with Gasteiger partial charge in [0.15, 0.2) is 0 Å². The van der Waals surface area contributed by atoms with Crippen molar-refractivity contribution in [2.45, 2.75) is 17.3 Å². The van der Waals surface area contributed by atoms with Crippen LogP contribution in [0.4, 0.5) is 0 Å². The molecule has 0 saturated carbocycles. The Hall–Kier alpha value is 1.42. The van der Waals surface area contributed by atoms with Gasteiger partial charge < -0.3 is 0 Å². The van der Waals surface area contributed by atoms with E-state index in [1.807, 2.05) is 0 Å². The number of rotatable bonds is 2. The van der Waals surface area contributed by atoms with Gasteiger partial charge in [0.25, 0.3) is 0 Å². The van der Waals surface area contributed by atoms with Crippen LogP contribution in [0.5, 0.6) is 0 Å². The Morgan fingerprint density at radius 2 is 2.40 bits per heavy atom. The monoisotopic (exact) mass is 324 g/mol. The Kier molecular flexibility index (Phi) is 6.95. The molecule has 0 amide bonds. The van der Waals surface area contributed by atoms with E-state index < -0.39 is 0 Å². The van der Waals surface area contributed by atoms with E-state index >= 15 is 0 Å².